The minimum absolute atomic E-state index is 0.0273. The Labute approximate surface area is 185 Å². The molecule has 1 saturated carbocycles. The van der Waals surface area contributed by atoms with Crippen molar-refractivity contribution in [2.24, 2.45) is 20.7 Å². The smallest absolute Gasteiger partial charge is 0.269 e. The fraction of sp³-hybridized carbons (Fsp3) is 0.400. The first-order chi connectivity index (χ1) is 14.9. The van der Waals surface area contributed by atoms with Crippen LogP contribution in [0, 0.1) is 5.82 Å². The lowest BCUT2D eigenvalue weighted by atomic mass is 9.86. The van der Waals surface area contributed by atoms with E-state index in [2.05, 4.69) is 27.0 Å². The van der Waals surface area contributed by atoms with Crippen LogP contribution >= 0.6 is 0 Å². The quantitative estimate of drug-likeness (QED) is 0.487. The van der Waals surface area contributed by atoms with Crippen LogP contribution in [-0.2, 0) is 25.1 Å². The van der Waals surface area contributed by atoms with Crippen LogP contribution in [0.15, 0.2) is 45.3 Å². The summed E-state index contributed by atoms with van der Waals surface area (Å²) >= 11 is 0. The van der Waals surface area contributed by atoms with E-state index in [4.69, 9.17) is 10.5 Å². The zero-order valence-corrected chi connectivity index (χ0v) is 19.0. The number of methoxy groups -OCH3 is 1. The molecule has 0 radical (unpaired) electrons. The summed E-state index contributed by atoms with van der Waals surface area (Å²) in [6.07, 6.45) is 1.87. The van der Waals surface area contributed by atoms with E-state index in [0.29, 0.717) is 12.8 Å². The Kier molecular flexibility index (Phi) is 5.85. The van der Waals surface area contributed by atoms with Gasteiger partial charge in [0.05, 0.1) is 13.3 Å². The van der Waals surface area contributed by atoms with E-state index in [1.807, 2.05) is 0 Å². The Morgan fingerprint density at radius 2 is 2.09 bits per heavy atom. The maximum atomic E-state index is 14.9. The first kappa shape index (κ1) is 23.4. The van der Waals surface area contributed by atoms with Crippen molar-refractivity contribution < 1.29 is 22.3 Å². The highest BCUT2D eigenvalue weighted by atomic mass is 32.2. The molecule has 0 aromatic heterocycles. The van der Waals surface area contributed by atoms with Gasteiger partial charge >= 0.3 is 0 Å². The number of rotatable bonds is 6. The normalized spacial score (nSPS) is 24.0. The number of nitrogens with zero attached hydrogens (tertiary/aromatic N) is 4. The van der Waals surface area contributed by atoms with E-state index in [9.17, 15) is 17.6 Å². The average molecular weight is 465 g/mol. The van der Waals surface area contributed by atoms with Crippen molar-refractivity contribution >= 4 is 40.0 Å². The molecule has 0 bridgehead atoms. The van der Waals surface area contributed by atoms with Crippen LogP contribution in [0.3, 0.4) is 0 Å². The Bertz CT molecular complexity index is 1170. The molecule has 1 fully saturated rings. The zero-order chi connectivity index (χ0) is 23.9. The molecule has 12 heteroatoms. The number of anilines is 1. The van der Waals surface area contributed by atoms with Gasteiger partial charge in [0.1, 0.15) is 21.8 Å². The third kappa shape index (κ3) is 3.53. The Hall–Kier alpha value is -3.28. The van der Waals surface area contributed by atoms with Crippen LogP contribution in [0.1, 0.15) is 32.3 Å². The van der Waals surface area contributed by atoms with Gasteiger partial charge in [-0.05, 0) is 51.6 Å². The summed E-state index contributed by atoms with van der Waals surface area (Å²) in [6, 6.07) is 3.89. The van der Waals surface area contributed by atoms with Gasteiger partial charge in [-0.3, -0.25) is 9.79 Å². The van der Waals surface area contributed by atoms with Gasteiger partial charge < -0.3 is 15.8 Å². The zero-order valence-electron chi connectivity index (χ0n) is 18.2. The molecule has 172 valence electrons. The molecule has 1 amide bonds. The number of benzene rings is 1. The Morgan fingerprint density at radius 1 is 1.44 bits per heavy atom. The van der Waals surface area contributed by atoms with Crippen LogP contribution in [0.4, 0.5) is 10.1 Å². The second kappa shape index (κ2) is 8.01. The lowest BCUT2D eigenvalue weighted by Gasteiger charge is -2.42. The van der Waals surface area contributed by atoms with Crippen LogP contribution in [0.5, 0.6) is 0 Å². The molecule has 1 spiro atoms. The minimum Gasteiger partial charge on any atom is -0.480 e. The number of halogens is 1. The lowest BCUT2D eigenvalue weighted by Crippen LogP contribution is -2.58. The molecule has 1 aromatic rings. The monoisotopic (exact) mass is 464 g/mol. The van der Waals surface area contributed by atoms with Crippen molar-refractivity contribution in [3.63, 3.8) is 0 Å². The van der Waals surface area contributed by atoms with E-state index in [1.54, 1.807) is 6.92 Å². The Morgan fingerprint density at radius 3 is 2.66 bits per heavy atom. The van der Waals surface area contributed by atoms with Gasteiger partial charge in [0.15, 0.2) is 0 Å². The van der Waals surface area contributed by atoms with E-state index >= 15 is 0 Å². The molecule has 0 saturated heterocycles. The largest absolute Gasteiger partial charge is 0.480 e. The Balaban J connectivity index is 1.98. The molecule has 32 heavy (non-hydrogen) atoms. The standard InChI is InChI=1S/C20H25FN6O4S/c1-12(24-11-16(23-3)31-5)17(28)25-13-6-7-15(21)14(10-13)19(2)20(8-9-20)32(29,30)27(4)18(22)26-19/h6-7,10-11H,3,8-9H2,1-2,4-5H3,(H2,22,26)(H,25,28)/b16-11+,24-12?/t19-/m1/s1. The summed E-state index contributed by atoms with van der Waals surface area (Å²) in [5.41, 5.74) is 4.77. The molecule has 1 heterocycles. The van der Waals surface area contributed by atoms with Crippen molar-refractivity contribution in [1.29, 1.82) is 0 Å². The van der Waals surface area contributed by atoms with Crippen LogP contribution in [0.2, 0.25) is 0 Å². The summed E-state index contributed by atoms with van der Waals surface area (Å²) in [6.45, 7) is 6.34. The number of aliphatic imine (C=N–C) groups is 3. The van der Waals surface area contributed by atoms with E-state index in [1.165, 1.54) is 39.4 Å². The molecule has 1 aliphatic carbocycles. The summed E-state index contributed by atoms with van der Waals surface area (Å²) in [5, 5.41) is 2.62. The number of guanidine groups is 1. The lowest BCUT2D eigenvalue weighted by molar-refractivity contribution is -0.110. The highest BCUT2D eigenvalue weighted by Gasteiger charge is 2.70. The maximum absolute atomic E-state index is 14.9. The molecule has 1 aliphatic heterocycles. The number of nitrogens with two attached hydrogens (primary N) is 1. The van der Waals surface area contributed by atoms with Crippen molar-refractivity contribution in [1.82, 2.24) is 4.31 Å². The fourth-order valence-electron chi connectivity index (χ4n) is 3.77. The van der Waals surface area contributed by atoms with Gasteiger partial charge in [-0.1, -0.05) is 0 Å². The van der Waals surface area contributed by atoms with Gasteiger partial charge in [0, 0.05) is 18.3 Å². The average Bonchev–Trinajstić information content (AvgIpc) is 3.57. The van der Waals surface area contributed by atoms with Crippen molar-refractivity contribution in [2.75, 3.05) is 19.5 Å². The highest BCUT2D eigenvalue weighted by Crippen LogP contribution is 2.60. The van der Waals surface area contributed by atoms with Crippen LogP contribution < -0.4 is 11.1 Å². The number of ether oxygens (including phenoxy) is 1. The first-order valence-corrected chi connectivity index (χ1v) is 11.1. The van der Waals surface area contributed by atoms with Gasteiger partial charge in [-0.15, -0.1) is 0 Å². The van der Waals surface area contributed by atoms with Gasteiger partial charge in [0.2, 0.25) is 21.9 Å². The second-order valence-electron chi connectivity index (χ2n) is 7.70. The molecular formula is C20H25FN6O4S. The number of carbonyl (C=O) groups is 1. The van der Waals surface area contributed by atoms with Gasteiger partial charge in [-0.2, -0.15) is 0 Å². The first-order valence-electron chi connectivity index (χ1n) is 9.64. The molecule has 1 aromatic carbocycles. The van der Waals surface area contributed by atoms with E-state index in [0.717, 1.165) is 10.4 Å². The number of hydrogen-bond donors (Lipinski definition) is 2. The third-order valence-electron chi connectivity index (χ3n) is 5.92. The summed E-state index contributed by atoms with van der Waals surface area (Å²) < 4.78 is 45.6. The van der Waals surface area contributed by atoms with Crippen LogP contribution in [-0.4, -0.2) is 55.9 Å². The number of carbonyl (C=O) groups excluding carboxylic acids is 1. The van der Waals surface area contributed by atoms with Gasteiger partial charge in [-0.25, -0.2) is 27.1 Å². The van der Waals surface area contributed by atoms with E-state index in [-0.39, 0.29) is 28.8 Å². The number of sulfonamides is 1. The predicted molar refractivity (Wildman–Crippen MR) is 120 cm³/mol. The third-order valence-corrected chi connectivity index (χ3v) is 8.62. The summed E-state index contributed by atoms with van der Waals surface area (Å²) in [4.78, 5) is 24.4. The molecule has 3 N–H and O–H groups in total. The minimum atomic E-state index is -3.85. The molecule has 0 unspecified atom stereocenters. The number of nitrogens with one attached hydrogen (secondary N) is 1. The highest BCUT2D eigenvalue weighted by molar-refractivity contribution is 7.91. The predicted octanol–water partition coefficient (Wildman–Crippen LogP) is 1.71. The van der Waals surface area contributed by atoms with E-state index < -0.39 is 32.0 Å². The van der Waals surface area contributed by atoms with Crippen molar-refractivity contribution in [2.45, 2.75) is 37.0 Å². The van der Waals surface area contributed by atoms with Crippen molar-refractivity contribution in [3.8, 4) is 0 Å². The maximum Gasteiger partial charge on any atom is 0.269 e. The molecule has 3 rings (SSSR count). The molecular weight excluding hydrogens is 439 g/mol. The number of amides is 1. The summed E-state index contributed by atoms with van der Waals surface area (Å²) in [7, 11) is -1.13. The molecule has 2 aliphatic rings. The van der Waals surface area contributed by atoms with Gasteiger partial charge in [0.25, 0.3) is 5.91 Å². The number of hydrogen-bond acceptors (Lipinski definition) is 8. The fourth-order valence-corrected chi connectivity index (χ4v) is 5.86. The molecule has 1 atom stereocenters. The SMILES string of the molecule is C=N/C(=C\N=C(C)C(=O)Nc1ccc(F)c([C@@]2(C)N=C(N)N(C)S(=O)(=O)C23CC3)c1)OC. The summed E-state index contributed by atoms with van der Waals surface area (Å²) in [5.74, 6) is -1.30. The second-order valence-corrected chi connectivity index (χ2v) is 9.98. The molecule has 10 nitrogen and oxygen atoms in total. The topological polar surface area (TPSA) is 139 Å². The van der Waals surface area contributed by atoms with Crippen molar-refractivity contribution in [3.05, 3.63) is 41.7 Å². The van der Waals surface area contributed by atoms with Crippen LogP contribution in [0.25, 0.3) is 0 Å².